The summed E-state index contributed by atoms with van der Waals surface area (Å²) in [6.07, 6.45) is 0.477. The van der Waals surface area contributed by atoms with Gasteiger partial charge in [0.15, 0.2) is 0 Å². The number of esters is 1. The Morgan fingerprint density at radius 3 is 2.30 bits per heavy atom. The van der Waals surface area contributed by atoms with E-state index in [0.717, 1.165) is 11.1 Å². The van der Waals surface area contributed by atoms with Crippen molar-refractivity contribution in [3.8, 4) is 0 Å². The number of rotatable bonds is 6. The Bertz CT molecular complexity index is 829. The molecular weight excluding hydrogens is 338 g/mol. The minimum absolute atomic E-state index is 0.170. The van der Waals surface area contributed by atoms with Crippen molar-refractivity contribution in [2.75, 3.05) is 0 Å². The second-order valence-corrected chi connectivity index (χ2v) is 7.45. The van der Waals surface area contributed by atoms with Crippen LogP contribution >= 0.6 is 0 Å². The monoisotopic (exact) mass is 363 g/mol. The average molecular weight is 363 g/mol. The predicted octanol–water partition coefficient (Wildman–Crippen LogP) is 3.98. The van der Waals surface area contributed by atoms with Gasteiger partial charge < -0.3 is 10.1 Å². The van der Waals surface area contributed by atoms with E-state index in [1.54, 1.807) is 0 Å². The molecule has 0 aliphatic carbocycles. The van der Waals surface area contributed by atoms with Gasteiger partial charge in [-0.1, -0.05) is 81.1 Å². The molecule has 27 heavy (non-hydrogen) atoms. The van der Waals surface area contributed by atoms with E-state index in [9.17, 15) is 9.59 Å². The molecule has 4 heteroatoms. The van der Waals surface area contributed by atoms with Crippen LogP contribution < -0.4 is 5.32 Å². The molecule has 1 N–H and O–H groups in total. The van der Waals surface area contributed by atoms with Gasteiger partial charge >= 0.3 is 5.97 Å². The first kappa shape index (κ1) is 18.9. The van der Waals surface area contributed by atoms with Gasteiger partial charge in [-0.2, -0.15) is 0 Å². The minimum Gasteiger partial charge on any atom is -0.459 e. The molecule has 1 aliphatic heterocycles. The molecule has 1 fully saturated rings. The zero-order valence-electron chi connectivity index (χ0n) is 15.8. The Morgan fingerprint density at radius 2 is 1.70 bits per heavy atom. The van der Waals surface area contributed by atoms with Crippen molar-refractivity contribution < 1.29 is 14.3 Å². The molecule has 1 aliphatic rings. The summed E-state index contributed by atoms with van der Waals surface area (Å²) in [5, 5.41) is 2.92. The number of amides is 1. The van der Waals surface area contributed by atoms with Gasteiger partial charge in [-0.3, -0.25) is 4.79 Å². The van der Waals surface area contributed by atoms with Gasteiger partial charge in [0.2, 0.25) is 5.91 Å². The summed E-state index contributed by atoms with van der Waals surface area (Å²) < 4.78 is 5.67. The van der Waals surface area contributed by atoms with E-state index in [-0.39, 0.29) is 18.4 Å². The lowest BCUT2D eigenvalue weighted by molar-refractivity contribution is -0.154. The summed E-state index contributed by atoms with van der Waals surface area (Å²) >= 11 is 0. The maximum atomic E-state index is 13.3. The first-order valence-electron chi connectivity index (χ1n) is 9.21. The van der Waals surface area contributed by atoms with E-state index in [0.29, 0.717) is 12.0 Å². The molecule has 0 bridgehead atoms. The second kappa shape index (κ2) is 7.78. The summed E-state index contributed by atoms with van der Waals surface area (Å²) in [7, 11) is 0. The van der Waals surface area contributed by atoms with Crippen LogP contribution in [0.3, 0.4) is 0 Å². The molecule has 0 aromatic heterocycles. The van der Waals surface area contributed by atoms with E-state index in [1.165, 1.54) is 0 Å². The normalized spacial score (nSPS) is 22.0. The van der Waals surface area contributed by atoms with Crippen molar-refractivity contribution in [2.24, 2.45) is 5.92 Å². The second-order valence-electron chi connectivity index (χ2n) is 7.45. The quantitative estimate of drug-likeness (QED) is 0.624. The van der Waals surface area contributed by atoms with Crippen LogP contribution in [0.15, 0.2) is 72.8 Å². The number of carbonyl (C=O) groups is 2. The molecule has 0 unspecified atom stereocenters. The largest absolute Gasteiger partial charge is 0.459 e. The highest BCUT2D eigenvalue weighted by atomic mass is 16.5. The molecule has 140 valence electrons. The van der Waals surface area contributed by atoms with Gasteiger partial charge in [-0.05, 0) is 23.5 Å². The van der Waals surface area contributed by atoms with Gasteiger partial charge in [-0.15, -0.1) is 0 Å². The molecule has 2 aromatic carbocycles. The number of nitrogens with one attached hydrogen (secondary N) is 1. The molecule has 2 atom stereocenters. The van der Waals surface area contributed by atoms with Crippen molar-refractivity contribution in [1.82, 2.24) is 5.32 Å². The van der Waals surface area contributed by atoms with Crippen LogP contribution in [0.5, 0.6) is 0 Å². The zero-order valence-corrected chi connectivity index (χ0v) is 15.8. The highest BCUT2D eigenvalue weighted by Crippen LogP contribution is 2.44. The van der Waals surface area contributed by atoms with Crippen LogP contribution in [0, 0.1) is 5.92 Å². The molecule has 2 aromatic rings. The molecule has 0 radical (unpaired) electrons. The third-order valence-corrected chi connectivity index (χ3v) is 4.91. The highest BCUT2D eigenvalue weighted by molar-refractivity contribution is 6.05. The maximum absolute atomic E-state index is 13.3. The van der Waals surface area contributed by atoms with E-state index < -0.39 is 17.4 Å². The summed E-state index contributed by atoms with van der Waals surface area (Å²) in [5.41, 5.74) is 1.06. The summed E-state index contributed by atoms with van der Waals surface area (Å²) in [4.78, 5) is 25.8. The number of benzene rings is 2. The number of carbonyl (C=O) groups excluding carboxylic acids is 2. The van der Waals surface area contributed by atoms with E-state index >= 15 is 0 Å². The maximum Gasteiger partial charge on any atom is 0.333 e. The Labute approximate surface area is 160 Å². The number of ether oxygens (including phenoxy) is 1. The van der Waals surface area contributed by atoms with Crippen LogP contribution in [-0.4, -0.2) is 17.4 Å². The van der Waals surface area contributed by atoms with Gasteiger partial charge in [0.05, 0.1) is 0 Å². The molecule has 4 nitrogen and oxygen atoms in total. The van der Waals surface area contributed by atoms with Gasteiger partial charge in [0.25, 0.3) is 0 Å². The lowest BCUT2D eigenvalue weighted by Gasteiger charge is -2.34. The van der Waals surface area contributed by atoms with E-state index in [1.807, 2.05) is 74.5 Å². The van der Waals surface area contributed by atoms with E-state index in [2.05, 4.69) is 11.9 Å². The molecule has 3 rings (SSSR count). The molecular formula is C23H25NO3. The van der Waals surface area contributed by atoms with Crippen molar-refractivity contribution in [1.29, 1.82) is 0 Å². The van der Waals surface area contributed by atoms with Gasteiger partial charge in [0.1, 0.15) is 12.1 Å². The molecule has 0 saturated carbocycles. The first-order valence-corrected chi connectivity index (χ1v) is 9.21. The summed E-state index contributed by atoms with van der Waals surface area (Å²) in [6, 6.07) is 19.1. The van der Waals surface area contributed by atoms with Crippen LogP contribution in [-0.2, 0) is 20.9 Å². The fourth-order valence-corrected chi connectivity index (χ4v) is 3.83. The summed E-state index contributed by atoms with van der Waals surface area (Å²) in [6.45, 7) is 8.21. The Kier molecular flexibility index (Phi) is 5.45. The minimum atomic E-state index is -1.14. The first-order chi connectivity index (χ1) is 12.9. The van der Waals surface area contributed by atoms with Gasteiger partial charge in [-0.25, -0.2) is 4.79 Å². The van der Waals surface area contributed by atoms with Crippen LogP contribution in [0.2, 0.25) is 0 Å². The third-order valence-electron chi connectivity index (χ3n) is 4.91. The highest BCUT2D eigenvalue weighted by Gasteiger charge is 2.56. The number of hydrogen-bond acceptors (Lipinski definition) is 3. The van der Waals surface area contributed by atoms with E-state index in [4.69, 9.17) is 4.74 Å². The van der Waals surface area contributed by atoms with Crippen LogP contribution in [0.25, 0.3) is 0 Å². The molecule has 0 spiro atoms. The lowest BCUT2D eigenvalue weighted by atomic mass is 9.74. The molecule has 1 amide bonds. The predicted molar refractivity (Wildman–Crippen MR) is 105 cm³/mol. The van der Waals surface area contributed by atoms with Crippen molar-refractivity contribution in [3.05, 3.63) is 83.9 Å². The topological polar surface area (TPSA) is 55.4 Å². The Hall–Kier alpha value is -2.88. The van der Waals surface area contributed by atoms with Crippen molar-refractivity contribution in [2.45, 2.75) is 38.3 Å². The lowest BCUT2D eigenvalue weighted by Crippen LogP contribution is -2.54. The Balaban J connectivity index is 1.95. The van der Waals surface area contributed by atoms with Crippen LogP contribution in [0.1, 0.15) is 37.3 Å². The van der Waals surface area contributed by atoms with Crippen molar-refractivity contribution >= 4 is 11.9 Å². The zero-order chi connectivity index (χ0) is 19.4. The smallest absolute Gasteiger partial charge is 0.333 e. The fourth-order valence-electron chi connectivity index (χ4n) is 3.83. The molecule has 1 saturated heterocycles. The van der Waals surface area contributed by atoms with Crippen LogP contribution in [0.4, 0.5) is 0 Å². The standard InChI is InChI=1S/C23H25NO3/c1-16(2)14-23(22(26)27-15-18-10-6-4-7-11-18)20(17(3)21(25)24-23)19-12-8-5-9-13-19/h4-13,16,20H,3,14-15H2,1-2H3,(H,24,25)/t20-,23+/m0/s1. The Morgan fingerprint density at radius 1 is 1.11 bits per heavy atom. The SMILES string of the molecule is C=C1C(=O)N[C@@](CC(C)C)(C(=O)OCc2ccccc2)[C@@H]1c1ccccc1. The number of hydrogen-bond donors (Lipinski definition) is 1. The third kappa shape index (κ3) is 3.80. The average Bonchev–Trinajstić information content (AvgIpc) is 2.91. The van der Waals surface area contributed by atoms with Crippen molar-refractivity contribution in [3.63, 3.8) is 0 Å². The molecule has 1 heterocycles. The summed E-state index contributed by atoms with van der Waals surface area (Å²) in [5.74, 6) is -0.967. The van der Waals surface area contributed by atoms with Gasteiger partial charge in [0, 0.05) is 11.5 Å². The fraction of sp³-hybridized carbons (Fsp3) is 0.304.